The van der Waals surface area contributed by atoms with Gasteiger partial charge in [0, 0.05) is 13.6 Å². The van der Waals surface area contributed by atoms with Gasteiger partial charge in [-0.1, -0.05) is 54.1 Å². The predicted molar refractivity (Wildman–Crippen MR) is 82.5 cm³/mol. The van der Waals surface area contributed by atoms with Crippen LogP contribution in [0.5, 0.6) is 0 Å². The van der Waals surface area contributed by atoms with Crippen LogP contribution in [0.1, 0.15) is 22.3 Å². The molecule has 0 fully saturated rings. The molecule has 0 aromatic heterocycles. The molecule has 0 radical (unpaired) electrons. The van der Waals surface area contributed by atoms with Gasteiger partial charge in [-0.2, -0.15) is 0 Å². The highest BCUT2D eigenvalue weighted by Gasteiger charge is 2.11. The molecule has 2 nitrogen and oxygen atoms in total. The summed E-state index contributed by atoms with van der Waals surface area (Å²) in [5, 5.41) is 0. The van der Waals surface area contributed by atoms with Crippen LogP contribution in [0.15, 0.2) is 48.5 Å². The summed E-state index contributed by atoms with van der Waals surface area (Å²) in [5.74, 6) is 0.155. The lowest BCUT2D eigenvalue weighted by Crippen LogP contribution is -2.27. The van der Waals surface area contributed by atoms with Gasteiger partial charge in [0.05, 0.1) is 6.42 Å². The van der Waals surface area contributed by atoms with Crippen molar-refractivity contribution in [2.45, 2.75) is 26.8 Å². The number of rotatable bonds is 4. The van der Waals surface area contributed by atoms with Crippen molar-refractivity contribution >= 4 is 5.91 Å². The quantitative estimate of drug-likeness (QED) is 0.830. The van der Waals surface area contributed by atoms with Crippen molar-refractivity contribution in [3.63, 3.8) is 0 Å². The number of carbonyl (C=O) groups is 1. The molecule has 0 aliphatic carbocycles. The maximum atomic E-state index is 12.3. The molecule has 20 heavy (non-hydrogen) atoms. The van der Waals surface area contributed by atoms with Crippen molar-refractivity contribution in [3.8, 4) is 0 Å². The van der Waals surface area contributed by atoms with Crippen LogP contribution in [0.3, 0.4) is 0 Å². The van der Waals surface area contributed by atoms with Crippen LogP contribution >= 0.6 is 0 Å². The summed E-state index contributed by atoms with van der Waals surface area (Å²) in [4.78, 5) is 14.1. The Kier molecular flexibility index (Phi) is 4.57. The van der Waals surface area contributed by atoms with Gasteiger partial charge in [0.2, 0.25) is 5.91 Å². The summed E-state index contributed by atoms with van der Waals surface area (Å²) in [6.07, 6.45) is 0.469. The molecule has 104 valence electrons. The van der Waals surface area contributed by atoms with Crippen molar-refractivity contribution in [2.24, 2.45) is 0 Å². The highest BCUT2D eigenvalue weighted by Crippen LogP contribution is 2.13. The van der Waals surface area contributed by atoms with Crippen LogP contribution in [0.25, 0.3) is 0 Å². The Bertz CT molecular complexity index is 590. The van der Waals surface area contributed by atoms with E-state index in [1.54, 1.807) is 4.90 Å². The first kappa shape index (κ1) is 14.3. The molecule has 2 aromatic carbocycles. The Labute approximate surface area is 121 Å². The van der Waals surface area contributed by atoms with Gasteiger partial charge in [-0.15, -0.1) is 0 Å². The van der Waals surface area contributed by atoms with Crippen LogP contribution in [0, 0.1) is 13.8 Å². The summed E-state index contributed by atoms with van der Waals surface area (Å²) >= 11 is 0. The van der Waals surface area contributed by atoms with Crippen molar-refractivity contribution in [3.05, 3.63) is 70.8 Å². The number of hydrogen-bond acceptors (Lipinski definition) is 1. The molecule has 0 N–H and O–H groups in total. The SMILES string of the molecule is Cc1ccc(C)c(CC(=O)N(C)Cc2ccccc2)c1. The average Bonchev–Trinajstić information content (AvgIpc) is 2.44. The molecule has 0 heterocycles. The summed E-state index contributed by atoms with van der Waals surface area (Å²) in [6, 6.07) is 16.3. The molecule has 0 bridgehead atoms. The zero-order valence-corrected chi connectivity index (χ0v) is 12.4. The first-order valence-electron chi connectivity index (χ1n) is 6.90. The number of aryl methyl sites for hydroxylation is 2. The third kappa shape index (κ3) is 3.70. The van der Waals surface area contributed by atoms with E-state index in [0.717, 1.165) is 11.1 Å². The van der Waals surface area contributed by atoms with E-state index < -0.39 is 0 Å². The largest absolute Gasteiger partial charge is 0.341 e. The lowest BCUT2D eigenvalue weighted by molar-refractivity contribution is -0.129. The third-order valence-corrected chi connectivity index (χ3v) is 3.53. The summed E-state index contributed by atoms with van der Waals surface area (Å²) in [7, 11) is 1.86. The molecule has 0 saturated carbocycles. The van der Waals surface area contributed by atoms with Crippen molar-refractivity contribution in [1.29, 1.82) is 0 Å². The van der Waals surface area contributed by atoms with Crippen LogP contribution < -0.4 is 0 Å². The minimum Gasteiger partial charge on any atom is -0.341 e. The highest BCUT2D eigenvalue weighted by atomic mass is 16.2. The average molecular weight is 267 g/mol. The smallest absolute Gasteiger partial charge is 0.227 e. The van der Waals surface area contributed by atoms with Gasteiger partial charge in [0.15, 0.2) is 0 Å². The maximum absolute atomic E-state index is 12.3. The number of likely N-dealkylation sites (N-methyl/N-ethyl adjacent to an activating group) is 1. The Hall–Kier alpha value is -2.09. The fraction of sp³-hybridized carbons (Fsp3) is 0.278. The zero-order chi connectivity index (χ0) is 14.5. The number of nitrogens with zero attached hydrogens (tertiary/aromatic N) is 1. The Morgan fingerprint density at radius 1 is 1.05 bits per heavy atom. The molecule has 0 aliphatic rings. The molecule has 2 rings (SSSR count). The van der Waals surface area contributed by atoms with Crippen LogP contribution in [-0.2, 0) is 17.8 Å². The van der Waals surface area contributed by atoms with E-state index in [1.165, 1.54) is 11.1 Å². The van der Waals surface area contributed by atoms with E-state index in [-0.39, 0.29) is 5.91 Å². The molecule has 2 aromatic rings. The van der Waals surface area contributed by atoms with E-state index in [2.05, 4.69) is 32.0 Å². The molecule has 0 unspecified atom stereocenters. The monoisotopic (exact) mass is 267 g/mol. The molecule has 2 heteroatoms. The molecule has 0 atom stereocenters. The molecular formula is C18H21NO. The maximum Gasteiger partial charge on any atom is 0.227 e. The second-order valence-electron chi connectivity index (χ2n) is 5.34. The Balaban J connectivity index is 2.02. The summed E-state index contributed by atoms with van der Waals surface area (Å²) in [6.45, 7) is 4.77. The Morgan fingerprint density at radius 3 is 2.45 bits per heavy atom. The standard InChI is InChI=1S/C18H21NO/c1-14-9-10-15(2)17(11-14)12-18(20)19(3)13-16-7-5-4-6-8-16/h4-11H,12-13H2,1-3H3. The molecule has 0 spiro atoms. The number of amides is 1. The first-order valence-corrected chi connectivity index (χ1v) is 6.90. The lowest BCUT2D eigenvalue weighted by Gasteiger charge is -2.18. The fourth-order valence-electron chi connectivity index (χ4n) is 2.23. The van der Waals surface area contributed by atoms with Gasteiger partial charge in [0.25, 0.3) is 0 Å². The van der Waals surface area contributed by atoms with Gasteiger partial charge in [-0.3, -0.25) is 4.79 Å². The van der Waals surface area contributed by atoms with Gasteiger partial charge >= 0.3 is 0 Å². The lowest BCUT2D eigenvalue weighted by atomic mass is 10.0. The molecule has 0 saturated heterocycles. The van der Waals surface area contributed by atoms with Crippen molar-refractivity contribution in [1.82, 2.24) is 4.90 Å². The van der Waals surface area contributed by atoms with Crippen LogP contribution in [-0.4, -0.2) is 17.9 Å². The van der Waals surface area contributed by atoms with E-state index in [4.69, 9.17) is 0 Å². The van der Waals surface area contributed by atoms with E-state index in [1.807, 2.05) is 37.4 Å². The van der Waals surface area contributed by atoms with Gasteiger partial charge in [0.1, 0.15) is 0 Å². The predicted octanol–water partition coefficient (Wildman–Crippen LogP) is 3.50. The minimum atomic E-state index is 0.155. The third-order valence-electron chi connectivity index (χ3n) is 3.53. The van der Waals surface area contributed by atoms with E-state index in [9.17, 15) is 4.79 Å². The number of hydrogen-bond donors (Lipinski definition) is 0. The van der Waals surface area contributed by atoms with Gasteiger partial charge < -0.3 is 4.90 Å². The molecule has 0 aliphatic heterocycles. The zero-order valence-electron chi connectivity index (χ0n) is 12.4. The van der Waals surface area contributed by atoms with Crippen molar-refractivity contribution in [2.75, 3.05) is 7.05 Å². The second kappa shape index (κ2) is 6.38. The Morgan fingerprint density at radius 2 is 1.75 bits per heavy atom. The van der Waals surface area contributed by atoms with Gasteiger partial charge in [-0.05, 0) is 30.5 Å². The first-order chi connectivity index (χ1) is 9.56. The van der Waals surface area contributed by atoms with E-state index in [0.29, 0.717) is 13.0 Å². The summed E-state index contributed by atoms with van der Waals surface area (Å²) < 4.78 is 0. The highest BCUT2D eigenvalue weighted by molar-refractivity contribution is 5.79. The molecular weight excluding hydrogens is 246 g/mol. The number of benzene rings is 2. The minimum absolute atomic E-state index is 0.155. The topological polar surface area (TPSA) is 20.3 Å². The van der Waals surface area contributed by atoms with Crippen molar-refractivity contribution < 1.29 is 4.79 Å². The fourth-order valence-corrected chi connectivity index (χ4v) is 2.23. The normalized spacial score (nSPS) is 10.3. The molecule has 1 amide bonds. The summed E-state index contributed by atoms with van der Waals surface area (Å²) in [5.41, 5.74) is 4.65. The van der Waals surface area contributed by atoms with Crippen LogP contribution in [0.4, 0.5) is 0 Å². The van der Waals surface area contributed by atoms with Crippen LogP contribution in [0.2, 0.25) is 0 Å². The number of carbonyl (C=O) groups excluding carboxylic acids is 1. The second-order valence-corrected chi connectivity index (χ2v) is 5.34. The van der Waals surface area contributed by atoms with Gasteiger partial charge in [-0.25, -0.2) is 0 Å². The van der Waals surface area contributed by atoms with E-state index >= 15 is 0 Å².